The SMILES string of the molecule is CCC(C(=O)O)C(CCCCC(=O)O)c1ccccc1. The monoisotopic (exact) mass is 278 g/mol. The Morgan fingerprint density at radius 3 is 2.25 bits per heavy atom. The quantitative estimate of drug-likeness (QED) is 0.678. The third-order valence-corrected chi connectivity index (χ3v) is 3.63. The molecule has 0 radical (unpaired) electrons. The van der Waals surface area contributed by atoms with Crippen LogP contribution in [0, 0.1) is 5.92 Å². The number of unbranched alkanes of at least 4 members (excludes halogenated alkanes) is 1. The first kappa shape index (κ1) is 16.2. The van der Waals surface area contributed by atoms with Crippen molar-refractivity contribution in [1.29, 1.82) is 0 Å². The molecule has 4 heteroatoms. The fourth-order valence-corrected chi connectivity index (χ4v) is 2.57. The molecule has 0 saturated heterocycles. The maximum absolute atomic E-state index is 11.4. The van der Waals surface area contributed by atoms with E-state index in [-0.39, 0.29) is 12.3 Å². The molecule has 0 aromatic heterocycles. The smallest absolute Gasteiger partial charge is 0.307 e. The zero-order chi connectivity index (χ0) is 15.0. The summed E-state index contributed by atoms with van der Waals surface area (Å²) in [5.74, 6) is -2.04. The highest BCUT2D eigenvalue weighted by molar-refractivity contribution is 5.71. The molecule has 110 valence electrons. The molecule has 0 spiro atoms. The van der Waals surface area contributed by atoms with Crippen LogP contribution in [0.4, 0.5) is 0 Å². The van der Waals surface area contributed by atoms with Crippen LogP contribution in [0.25, 0.3) is 0 Å². The van der Waals surface area contributed by atoms with Gasteiger partial charge in [-0.05, 0) is 30.7 Å². The van der Waals surface area contributed by atoms with Crippen molar-refractivity contribution >= 4 is 11.9 Å². The highest BCUT2D eigenvalue weighted by Crippen LogP contribution is 2.32. The minimum atomic E-state index is -0.800. The van der Waals surface area contributed by atoms with Crippen LogP contribution in [-0.2, 0) is 9.59 Å². The lowest BCUT2D eigenvalue weighted by molar-refractivity contribution is -0.143. The van der Waals surface area contributed by atoms with Crippen LogP contribution < -0.4 is 0 Å². The number of aliphatic carboxylic acids is 2. The van der Waals surface area contributed by atoms with Crippen molar-refractivity contribution in [2.75, 3.05) is 0 Å². The maximum atomic E-state index is 11.4. The molecule has 0 bridgehead atoms. The second kappa shape index (κ2) is 8.35. The molecule has 0 saturated carbocycles. The highest BCUT2D eigenvalue weighted by atomic mass is 16.4. The Morgan fingerprint density at radius 1 is 1.10 bits per heavy atom. The zero-order valence-corrected chi connectivity index (χ0v) is 11.8. The van der Waals surface area contributed by atoms with Crippen LogP contribution >= 0.6 is 0 Å². The van der Waals surface area contributed by atoms with E-state index >= 15 is 0 Å². The van der Waals surface area contributed by atoms with Crippen LogP contribution in [0.1, 0.15) is 50.5 Å². The van der Waals surface area contributed by atoms with Crippen LogP contribution in [-0.4, -0.2) is 22.2 Å². The Labute approximate surface area is 119 Å². The van der Waals surface area contributed by atoms with E-state index in [0.29, 0.717) is 19.3 Å². The van der Waals surface area contributed by atoms with Crippen molar-refractivity contribution in [2.24, 2.45) is 5.92 Å². The first-order valence-electron chi connectivity index (χ1n) is 7.05. The minimum Gasteiger partial charge on any atom is -0.481 e. The molecule has 0 amide bonds. The molecule has 2 N–H and O–H groups in total. The summed E-state index contributed by atoms with van der Waals surface area (Å²) in [6.45, 7) is 1.88. The van der Waals surface area contributed by atoms with Crippen molar-refractivity contribution < 1.29 is 19.8 Å². The molecule has 0 heterocycles. The molecule has 0 aliphatic carbocycles. The number of hydrogen-bond acceptors (Lipinski definition) is 2. The van der Waals surface area contributed by atoms with E-state index in [9.17, 15) is 14.7 Å². The Balaban J connectivity index is 2.74. The topological polar surface area (TPSA) is 74.6 Å². The highest BCUT2D eigenvalue weighted by Gasteiger charge is 2.27. The van der Waals surface area contributed by atoms with E-state index < -0.39 is 17.9 Å². The van der Waals surface area contributed by atoms with Gasteiger partial charge in [0.05, 0.1) is 5.92 Å². The standard InChI is InChI=1S/C16H22O4/c1-2-13(16(19)20)14(10-6-7-11-15(17)18)12-8-4-3-5-9-12/h3-5,8-9,13-14H,2,6-7,10-11H2,1H3,(H,17,18)(H,19,20). The van der Waals surface area contributed by atoms with Gasteiger partial charge in [0.2, 0.25) is 0 Å². The Morgan fingerprint density at radius 2 is 1.75 bits per heavy atom. The fourth-order valence-electron chi connectivity index (χ4n) is 2.57. The molecule has 0 aliphatic heterocycles. The van der Waals surface area contributed by atoms with Crippen LogP contribution in [0.5, 0.6) is 0 Å². The summed E-state index contributed by atoms with van der Waals surface area (Å²) < 4.78 is 0. The summed E-state index contributed by atoms with van der Waals surface area (Å²) in [4.78, 5) is 21.9. The minimum absolute atomic E-state index is 0.0486. The van der Waals surface area contributed by atoms with E-state index in [4.69, 9.17) is 5.11 Å². The maximum Gasteiger partial charge on any atom is 0.307 e. The molecule has 1 aromatic rings. The summed E-state index contributed by atoms with van der Waals surface area (Å²) in [6, 6.07) is 9.63. The first-order valence-corrected chi connectivity index (χ1v) is 7.05. The van der Waals surface area contributed by atoms with Crippen molar-refractivity contribution in [2.45, 2.75) is 44.9 Å². The first-order chi connectivity index (χ1) is 9.56. The number of carbonyl (C=O) groups is 2. The largest absolute Gasteiger partial charge is 0.481 e. The van der Waals surface area contributed by atoms with Gasteiger partial charge < -0.3 is 10.2 Å². The zero-order valence-electron chi connectivity index (χ0n) is 11.8. The van der Waals surface area contributed by atoms with Gasteiger partial charge in [-0.25, -0.2) is 0 Å². The van der Waals surface area contributed by atoms with E-state index in [1.807, 2.05) is 37.3 Å². The third kappa shape index (κ3) is 5.03. The van der Waals surface area contributed by atoms with Gasteiger partial charge in [-0.1, -0.05) is 43.7 Å². The van der Waals surface area contributed by atoms with E-state index in [1.54, 1.807) is 0 Å². The fraction of sp³-hybridized carbons (Fsp3) is 0.500. The van der Waals surface area contributed by atoms with Crippen molar-refractivity contribution in [3.8, 4) is 0 Å². The lowest BCUT2D eigenvalue weighted by Gasteiger charge is -2.23. The molecule has 2 atom stereocenters. The van der Waals surface area contributed by atoms with Gasteiger partial charge in [0.25, 0.3) is 0 Å². The summed E-state index contributed by atoms with van der Waals surface area (Å²) in [5, 5.41) is 18.0. The second-order valence-corrected chi connectivity index (χ2v) is 5.01. The average Bonchev–Trinajstić information content (AvgIpc) is 2.42. The Hall–Kier alpha value is -1.84. The summed E-state index contributed by atoms with van der Waals surface area (Å²) in [7, 11) is 0. The number of carboxylic acid groups (broad SMARTS) is 2. The number of carboxylic acids is 2. The molecule has 0 fully saturated rings. The molecule has 20 heavy (non-hydrogen) atoms. The van der Waals surface area contributed by atoms with Crippen LogP contribution in [0.3, 0.4) is 0 Å². The molecule has 0 aliphatic rings. The number of benzene rings is 1. The number of hydrogen-bond donors (Lipinski definition) is 2. The predicted octanol–water partition coefficient (Wildman–Crippen LogP) is 3.53. The average molecular weight is 278 g/mol. The lowest BCUT2D eigenvalue weighted by Crippen LogP contribution is -2.21. The lowest BCUT2D eigenvalue weighted by atomic mass is 9.81. The van der Waals surface area contributed by atoms with Gasteiger partial charge in [-0.3, -0.25) is 9.59 Å². The molecule has 1 aromatic carbocycles. The Kier molecular flexibility index (Phi) is 6.77. The van der Waals surface area contributed by atoms with Crippen molar-refractivity contribution in [1.82, 2.24) is 0 Å². The summed E-state index contributed by atoms with van der Waals surface area (Å²) >= 11 is 0. The van der Waals surface area contributed by atoms with Gasteiger partial charge in [-0.15, -0.1) is 0 Å². The molecular weight excluding hydrogens is 256 g/mol. The van der Waals surface area contributed by atoms with Crippen molar-refractivity contribution in [3.05, 3.63) is 35.9 Å². The van der Waals surface area contributed by atoms with Crippen LogP contribution in [0.2, 0.25) is 0 Å². The van der Waals surface area contributed by atoms with Gasteiger partial charge in [-0.2, -0.15) is 0 Å². The van der Waals surface area contributed by atoms with Gasteiger partial charge in [0, 0.05) is 6.42 Å². The Bertz CT molecular complexity index is 427. The predicted molar refractivity (Wildman–Crippen MR) is 76.7 cm³/mol. The summed E-state index contributed by atoms with van der Waals surface area (Å²) in [6.07, 6.45) is 2.76. The van der Waals surface area contributed by atoms with Crippen LogP contribution in [0.15, 0.2) is 30.3 Å². The summed E-state index contributed by atoms with van der Waals surface area (Å²) in [5.41, 5.74) is 1.03. The van der Waals surface area contributed by atoms with Gasteiger partial charge in [0.1, 0.15) is 0 Å². The van der Waals surface area contributed by atoms with E-state index in [0.717, 1.165) is 12.0 Å². The van der Waals surface area contributed by atoms with E-state index in [1.165, 1.54) is 0 Å². The van der Waals surface area contributed by atoms with Crippen molar-refractivity contribution in [3.63, 3.8) is 0 Å². The van der Waals surface area contributed by atoms with Gasteiger partial charge >= 0.3 is 11.9 Å². The normalized spacial score (nSPS) is 13.7. The second-order valence-electron chi connectivity index (χ2n) is 5.01. The molecule has 4 nitrogen and oxygen atoms in total. The third-order valence-electron chi connectivity index (χ3n) is 3.63. The van der Waals surface area contributed by atoms with Gasteiger partial charge in [0.15, 0.2) is 0 Å². The number of rotatable bonds is 9. The molecular formula is C16H22O4. The molecule has 2 unspecified atom stereocenters. The van der Waals surface area contributed by atoms with E-state index in [2.05, 4.69) is 0 Å². The molecule has 1 rings (SSSR count).